The number of hydrogen-bond donors (Lipinski definition) is 1. The Morgan fingerprint density at radius 3 is 2.31 bits per heavy atom. The minimum atomic E-state index is -4.49. The van der Waals surface area contributed by atoms with Gasteiger partial charge in [0, 0.05) is 30.8 Å². The molecular weight excluding hydrogens is 471 g/mol. The molecule has 0 atom stereocenters. The number of hydrogen-bond acceptors (Lipinski definition) is 6. The number of amides is 2. The summed E-state index contributed by atoms with van der Waals surface area (Å²) < 4.78 is 43.1. The molecule has 0 radical (unpaired) electrons. The maximum atomic E-state index is 12.7. The molecule has 0 aliphatic carbocycles. The molecule has 1 heterocycles. The van der Waals surface area contributed by atoms with Crippen LogP contribution in [0.2, 0.25) is 0 Å². The molecule has 2 aromatic rings. The van der Waals surface area contributed by atoms with Crippen LogP contribution in [0.5, 0.6) is 0 Å². The number of carbonyl (C=O) groups excluding carboxylic acids is 3. The van der Waals surface area contributed by atoms with Crippen LogP contribution in [0, 0.1) is 23.0 Å². The van der Waals surface area contributed by atoms with E-state index in [1.807, 2.05) is 0 Å². The molecule has 1 fully saturated rings. The van der Waals surface area contributed by atoms with Crippen LogP contribution in [0.4, 0.5) is 24.5 Å². The van der Waals surface area contributed by atoms with Gasteiger partial charge in [0.25, 0.3) is 17.5 Å². The molecule has 1 saturated heterocycles. The summed E-state index contributed by atoms with van der Waals surface area (Å²) in [6, 6.07) is 7.92. The van der Waals surface area contributed by atoms with Crippen molar-refractivity contribution in [3.05, 3.63) is 69.3 Å². The molecule has 186 valence electrons. The van der Waals surface area contributed by atoms with E-state index >= 15 is 0 Å². The predicted molar refractivity (Wildman–Crippen MR) is 117 cm³/mol. The lowest BCUT2D eigenvalue weighted by Crippen LogP contribution is -2.41. The zero-order chi connectivity index (χ0) is 25.8. The smallest absolute Gasteiger partial charge is 0.416 e. The Balaban J connectivity index is 1.47. The van der Waals surface area contributed by atoms with Crippen LogP contribution in [0.1, 0.15) is 34.3 Å². The van der Waals surface area contributed by atoms with E-state index in [0.29, 0.717) is 5.56 Å². The molecule has 9 nitrogen and oxygen atoms in total. The summed E-state index contributed by atoms with van der Waals surface area (Å²) in [6.45, 7) is 1.49. The van der Waals surface area contributed by atoms with Gasteiger partial charge in [0.1, 0.15) is 0 Å². The van der Waals surface area contributed by atoms with E-state index < -0.39 is 47.0 Å². The van der Waals surface area contributed by atoms with E-state index in [1.54, 1.807) is 6.92 Å². The third kappa shape index (κ3) is 6.55. The van der Waals surface area contributed by atoms with Gasteiger partial charge in [-0.3, -0.25) is 24.5 Å². The number of piperidine rings is 1. The number of nitrogens with zero attached hydrogens (tertiary/aromatic N) is 2. The zero-order valence-electron chi connectivity index (χ0n) is 18.6. The molecule has 1 aliphatic heterocycles. The van der Waals surface area contributed by atoms with Crippen molar-refractivity contribution in [1.29, 1.82) is 0 Å². The van der Waals surface area contributed by atoms with Crippen molar-refractivity contribution in [3.8, 4) is 0 Å². The molecule has 0 spiro atoms. The minimum absolute atomic E-state index is 0.118. The lowest BCUT2D eigenvalue weighted by molar-refractivity contribution is -0.384. The van der Waals surface area contributed by atoms with Crippen LogP contribution >= 0.6 is 0 Å². The van der Waals surface area contributed by atoms with E-state index in [1.165, 1.54) is 23.1 Å². The molecule has 1 N–H and O–H groups in total. The molecule has 0 unspecified atom stereocenters. The molecule has 12 heteroatoms. The lowest BCUT2D eigenvalue weighted by Gasteiger charge is -2.31. The van der Waals surface area contributed by atoms with Crippen molar-refractivity contribution in [3.63, 3.8) is 0 Å². The maximum absolute atomic E-state index is 12.7. The third-order valence-corrected chi connectivity index (χ3v) is 5.63. The molecular formula is C23H22F3N3O6. The molecule has 2 aromatic carbocycles. The largest absolute Gasteiger partial charge is 0.455 e. The second kappa shape index (κ2) is 10.5. The number of nitrogens with one attached hydrogen (secondary N) is 1. The third-order valence-electron chi connectivity index (χ3n) is 5.63. The normalized spacial score (nSPS) is 14.3. The molecule has 2 amide bonds. The molecule has 0 bridgehead atoms. The van der Waals surface area contributed by atoms with Crippen LogP contribution in [0.15, 0.2) is 42.5 Å². The van der Waals surface area contributed by atoms with Gasteiger partial charge in [0.2, 0.25) is 0 Å². The summed E-state index contributed by atoms with van der Waals surface area (Å²) >= 11 is 0. The summed E-state index contributed by atoms with van der Waals surface area (Å²) in [5.74, 6) is -2.24. The Labute approximate surface area is 198 Å². The van der Waals surface area contributed by atoms with Gasteiger partial charge in [0.15, 0.2) is 6.61 Å². The average Bonchev–Trinajstić information content (AvgIpc) is 2.83. The van der Waals surface area contributed by atoms with Gasteiger partial charge >= 0.3 is 12.1 Å². The quantitative estimate of drug-likeness (QED) is 0.370. The second-order valence-corrected chi connectivity index (χ2v) is 8.05. The first-order chi connectivity index (χ1) is 16.5. The van der Waals surface area contributed by atoms with E-state index in [-0.39, 0.29) is 42.9 Å². The van der Waals surface area contributed by atoms with Crippen LogP contribution in [0.3, 0.4) is 0 Å². The number of ether oxygens (including phenoxy) is 1. The highest BCUT2D eigenvalue weighted by Crippen LogP contribution is 2.29. The van der Waals surface area contributed by atoms with Crippen LogP contribution in [-0.4, -0.2) is 47.3 Å². The number of rotatable bonds is 6. The Morgan fingerprint density at radius 1 is 1.11 bits per heavy atom. The first-order valence-corrected chi connectivity index (χ1v) is 10.6. The Hall–Kier alpha value is -3.96. The van der Waals surface area contributed by atoms with Crippen molar-refractivity contribution in [2.75, 3.05) is 25.0 Å². The van der Waals surface area contributed by atoms with Gasteiger partial charge in [-0.15, -0.1) is 0 Å². The Morgan fingerprint density at radius 2 is 1.74 bits per heavy atom. The average molecular weight is 493 g/mol. The summed E-state index contributed by atoms with van der Waals surface area (Å²) in [6.07, 6.45) is -3.94. The first-order valence-electron chi connectivity index (χ1n) is 10.6. The number of aryl methyl sites for hydroxylation is 1. The highest BCUT2D eigenvalue weighted by atomic mass is 19.4. The number of nitro benzene ring substituents is 1. The van der Waals surface area contributed by atoms with Crippen LogP contribution in [0.25, 0.3) is 0 Å². The summed E-state index contributed by atoms with van der Waals surface area (Å²) in [5.41, 5.74) is -0.0940. The standard InChI is InChI=1S/C23H22F3N3O6/c1-14-2-7-18(29(33)34)12-19(14)27-20(30)13-35-22(32)16-8-10-28(11-9-16)21(31)15-3-5-17(6-4-15)23(24,25)26/h2-7,12,16H,8-11,13H2,1H3,(H,27,30). The van der Waals surface area contributed by atoms with Crippen molar-refractivity contribution in [1.82, 2.24) is 4.90 Å². The van der Waals surface area contributed by atoms with Gasteiger partial charge in [-0.25, -0.2) is 0 Å². The monoisotopic (exact) mass is 493 g/mol. The van der Waals surface area contributed by atoms with Gasteiger partial charge < -0.3 is 15.0 Å². The van der Waals surface area contributed by atoms with Crippen molar-refractivity contribution in [2.45, 2.75) is 25.9 Å². The van der Waals surface area contributed by atoms with Crippen LogP contribution < -0.4 is 5.32 Å². The topological polar surface area (TPSA) is 119 Å². The fraction of sp³-hybridized carbons (Fsp3) is 0.348. The number of benzene rings is 2. The molecule has 0 aromatic heterocycles. The number of alkyl halides is 3. The number of likely N-dealkylation sites (tertiary alicyclic amines) is 1. The lowest BCUT2D eigenvalue weighted by atomic mass is 9.96. The Kier molecular flexibility index (Phi) is 7.72. The summed E-state index contributed by atoms with van der Waals surface area (Å²) in [5, 5.41) is 13.4. The van der Waals surface area contributed by atoms with Crippen molar-refractivity contribution in [2.24, 2.45) is 5.92 Å². The van der Waals surface area contributed by atoms with E-state index in [9.17, 15) is 37.7 Å². The highest BCUT2D eigenvalue weighted by Gasteiger charge is 2.32. The molecule has 35 heavy (non-hydrogen) atoms. The number of anilines is 1. The fourth-order valence-electron chi connectivity index (χ4n) is 3.60. The van der Waals surface area contributed by atoms with Crippen molar-refractivity contribution < 1.29 is 37.2 Å². The number of non-ortho nitro benzene ring substituents is 1. The van der Waals surface area contributed by atoms with E-state index in [0.717, 1.165) is 24.3 Å². The summed E-state index contributed by atoms with van der Waals surface area (Å²) in [4.78, 5) is 48.8. The fourth-order valence-corrected chi connectivity index (χ4v) is 3.60. The SMILES string of the molecule is Cc1ccc([N+](=O)[O-])cc1NC(=O)COC(=O)C1CCN(C(=O)c2ccc(C(F)(F)F)cc2)CC1. The molecule has 1 aliphatic rings. The molecule has 0 saturated carbocycles. The number of halogens is 3. The van der Waals surface area contributed by atoms with E-state index in [4.69, 9.17) is 4.74 Å². The van der Waals surface area contributed by atoms with Gasteiger partial charge in [-0.1, -0.05) is 6.07 Å². The van der Waals surface area contributed by atoms with Gasteiger partial charge in [-0.05, 0) is 49.6 Å². The van der Waals surface area contributed by atoms with Gasteiger partial charge in [0.05, 0.1) is 22.1 Å². The number of esters is 1. The minimum Gasteiger partial charge on any atom is -0.455 e. The van der Waals surface area contributed by atoms with Crippen LogP contribution in [-0.2, 0) is 20.5 Å². The second-order valence-electron chi connectivity index (χ2n) is 8.05. The number of nitro groups is 1. The number of carbonyl (C=O) groups is 3. The highest BCUT2D eigenvalue weighted by molar-refractivity contribution is 5.95. The Bertz CT molecular complexity index is 1130. The van der Waals surface area contributed by atoms with Crippen molar-refractivity contribution >= 4 is 29.2 Å². The zero-order valence-corrected chi connectivity index (χ0v) is 18.6. The van der Waals surface area contributed by atoms with Gasteiger partial charge in [-0.2, -0.15) is 13.2 Å². The summed E-state index contributed by atoms with van der Waals surface area (Å²) in [7, 11) is 0. The molecule has 3 rings (SSSR count). The predicted octanol–water partition coefficient (Wildman–Crippen LogP) is 3.96. The first kappa shape index (κ1) is 25.7. The van der Waals surface area contributed by atoms with E-state index in [2.05, 4.69) is 5.32 Å². The maximum Gasteiger partial charge on any atom is 0.416 e.